The standard InChI is InChI=1S/C17H24N2O2/c1-6-13-11-12-18(17(2,3)4)16(20)19(13)14-7-9-15(21-5)10-8-14/h6-10,13H,1,11-12H2,2-5H3. The minimum atomic E-state index is -0.187. The van der Waals surface area contributed by atoms with Crippen LogP contribution in [0.3, 0.4) is 0 Å². The molecule has 1 atom stereocenters. The van der Waals surface area contributed by atoms with Crippen LogP contribution in [0.1, 0.15) is 27.2 Å². The minimum Gasteiger partial charge on any atom is -0.497 e. The van der Waals surface area contributed by atoms with Crippen LogP contribution in [-0.2, 0) is 0 Å². The van der Waals surface area contributed by atoms with Crippen molar-refractivity contribution < 1.29 is 9.53 Å². The molecule has 114 valence electrons. The summed E-state index contributed by atoms with van der Waals surface area (Å²) in [6, 6.07) is 7.64. The number of methoxy groups -OCH3 is 1. The molecule has 1 aromatic carbocycles. The Hall–Kier alpha value is -1.97. The zero-order chi connectivity index (χ0) is 15.6. The van der Waals surface area contributed by atoms with Crippen molar-refractivity contribution in [3.63, 3.8) is 0 Å². The van der Waals surface area contributed by atoms with E-state index in [4.69, 9.17) is 4.74 Å². The number of hydrogen-bond donors (Lipinski definition) is 0. The largest absolute Gasteiger partial charge is 0.497 e. The normalized spacial score (nSPS) is 19.6. The third kappa shape index (κ3) is 3.04. The Bertz CT molecular complexity index is 517. The second-order valence-corrected chi connectivity index (χ2v) is 6.26. The molecule has 1 fully saturated rings. The summed E-state index contributed by atoms with van der Waals surface area (Å²) in [7, 11) is 1.63. The van der Waals surface area contributed by atoms with Crippen LogP contribution in [-0.4, -0.2) is 36.2 Å². The Labute approximate surface area is 127 Å². The Morgan fingerprint density at radius 1 is 1.29 bits per heavy atom. The third-order valence-corrected chi connectivity index (χ3v) is 3.85. The van der Waals surface area contributed by atoms with Gasteiger partial charge in [0.15, 0.2) is 0 Å². The van der Waals surface area contributed by atoms with Gasteiger partial charge in [0.1, 0.15) is 5.75 Å². The van der Waals surface area contributed by atoms with E-state index in [-0.39, 0.29) is 17.6 Å². The molecule has 1 aromatic rings. The van der Waals surface area contributed by atoms with E-state index < -0.39 is 0 Å². The van der Waals surface area contributed by atoms with Gasteiger partial charge in [-0.05, 0) is 51.5 Å². The molecule has 0 aliphatic carbocycles. The highest BCUT2D eigenvalue weighted by molar-refractivity contribution is 5.94. The average molecular weight is 288 g/mol. The van der Waals surface area contributed by atoms with Crippen LogP contribution in [0.5, 0.6) is 5.75 Å². The van der Waals surface area contributed by atoms with Gasteiger partial charge in [-0.2, -0.15) is 0 Å². The summed E-state index contributed by atoms with van der Waals surface area (Å²) in [6.07, 6.45) is 2.74. The number of carbonyl (C=O) groups excluding carboxylic acids is 1. The van der Waals surface area contributed by atoms with Crippen LogP contribution >= 0.6 is 0 Å². The SMILES string of the molecule is C=CC1CCN(C(C)(C)C)C(=O)N1c1ccc(OC)cc1. The summed E-state index contributed by atoms with van der Waals surface area (Å²) in [4.78, 5) is 16.6. The zero-order valence-corrected chi connectivity index (χ0v) is 13.3. The van der Waals surface area contributed by atoms with Crippen LogP contribution in [0.15, 0.2) is 36.9 Å². The number of urea groups is 1. The van der Waals surface area contributed by atoms with Crippen molar-refractivity contribution in [1.29, 1.82) is 0 Å². The molecule has 0 N–H and O–H groups in total. The fourth-order valence-corrected chi connectivity index (χ4v) is 2.65. The van der Waals surface area contributed by atoms with Crippen molar-refractivity contribution in [1.82, 2.24) is 4.90 Å². The molecule has 0 radical (unpaired) electrons. The van der Waals surface area contributed by atoms with Gasteiger partial charge in [0.2, 0.25) is 0 Å². The van der Waals surface area contributed by atoms with E-state index in [2.05, 4.69) is 27.4 Å². The van der Waals surface area contributed by atoms with Crippen molar-refractivity contribution >= 4 is 11.7 Å². The molecule has 1 unspecified atom stereocenters. The van der Waals surface area contributed by atoms with E-state index in [1.807, 2.05) is 40.1 Å². The third-order valence-electron chi connectivity index (χ3n) is 3.85. The molecule has 0 bridgehead atoms. The second-order valence-electron chi connectivity index (χ2n) is 6.26. The summed E-state index contributed by atoms with van der Waals surface area (Å²) in [6.45, 7) is 10.8. The van der Waals surface area contributed by atoms with E-state index >= 15 is 0 Å². The number of hydrogen-bond acceptors (Lipinski definition) is 2. The highest BCUT2D eigenvalue weighted by Gasteiger charge is 2.37. The summed E-state index contributed by atoms with van der Waals surface area (Å²) < 4.78 is 5.18. The van der Waals surface area contributed by atoms with Crippen LogP contribution in [0.25, 0.3) is 0 Å². The van der Waals surface area contributed by atoms with Crippen molar-refractivity contribution in [2.75, 3.05) is 18.6 Å². The monoisotopic (exact) mass is 288 g/mol. The van der Waals surface area contributed by atoms with E-state index in [0.717, 1.165) is 24.4 Å². The summed E-state index contributed by atoms with van der Waals surface area (Å²) in [5, 5.41) is 0. The van der Waals surface area contributed by atoms with Gasteiger partial charge in [-0.25, -0.2) is 4.79 Å². The average Bonchev–Trinajstić information content (AvgIpc) is 2.45. The van der Waals surface area contributed by atoms with Gasteiger partial charge in [0.25, 0.3) is 0 Å². The lowest BCUT2D eigenvalue weighted by molar-refractivity contribution is 0.135. The maximum Gasteiger partial charge on any atom is 0.325 e. The summed E-state index contributed by atoms with van der Waals surface area (Å²) >= 11 is 0. The van der Waals surface area contributed by atoms with Gasteiger partial charge in [0, 0.05) is 17.8 Å². The molecule has 0 spiro atoms. The summed E-state index contributed by atoms with van der Waals surface area (Å²) in [5.41, 5.74) is 0.688. The topological polar surface area (TPSA) is 32.8 Å². The molecule has 21 heavy (non-hydrogen) atoms. The Kier molecular flexibility index (Phi) is 4.26. The maximum absolute atomic E-state index is 12.9. The molecule has 2 rings (SSSR count). The molecule has 4 heteroatoms. The Morgan fingerprint density at radius 2 is 1.90 bits per heavy atom. The Balaban J connectivity index is 2.35. The lowest BCUT2D eigenvalue weighted by Gasteiger charge is -2.46. The van der Waals surface area contributed by atoms with E-state index in [1.165, 1.54) is 0 Å². The lowest BCUT2D eigenvalue weighted by Crippen LogP contribution is -2.59. The fraction of sp³-hybridized carbons (Fsp3) is 0.471. The molecule has 1 saturated heterocycles. The fourth-order valence-electron chi connectivity index (χ4n) is 2.65. The number of amides is 2. The maximum atomic E-state index is 12.9. The second kappa shape index (κ2) is 5.80. The predicted molar refractivity (Wildman–Crippen MR) is 85.9 cm³/mol. The number of benzene rings is 1. The van der Waals surface area contributed by atoms with Gasteiger partial charge >= 0.3 is 6.03 Å². The van der Waals surface area contributed by atoms with Crippen molar-refractivity contribution in [2.24, 2.45) is 0 Å². The molecule has 1 aliphatic heterocycles. The molecule has 1 aliphatic rings. The van der Waals surface area contributed by atoms with Crippen LogP contribution in [0.2, 0.25) is 0 Å². The van der Waals surface area contributed by atoms with Gasteiger partial charge in [-0.1, -0.05) is 6.08 Å². The van der Waals surface area contributed by atoms with Crippen LogP contribution in [0, 0.1) is 0 Å². The first-order chi connectivity index (χ1) is 9.88. The number of anilines is 1. The van der Waals surface area contributed by atoms with Crippen LogP contribution < -0.4 is 9.64 Å². The quantitative estimate of drug-likeness (QED) is 0.795. The van der Waals surface area contributed by atoms with Crippen LogP contribution in [0.4, 0.5) is 10.5 Å². The highest BCUT2D eigenvalue weighted by atomic mass is 16.5. The van der Waals surface area contributed by atoms with Gasteiger partial charge in [0.05, 0.1) is 13.2 Å². The first-order valence-electron chi connectivity index (χ1n) is 7.26. The number of rotatable bonds is 3. The number of nitrogens with zero attached hydrogens (tertiary/aromatic N) is 2. The van der Waals surface area contributed by atoms with E-state index in [0.29, 0.717) is 0 Å². The minimum absolute atomic E-state index is 0.0313. The van der Waals surface area contributed by atoms with Gasteiger partial charge < -0.3 is 9.64 Å². The van der Waals surface area contributed by atoms with Crippen molar-refractivity contribution in [2.45, 2.75) is 38.8 Å². The molecular formula is C17H24N2O2. The number of carbonyl (C=O) groups is 1. The number of ether oxygens (including phenoxy) is 1. The summed E-state index contributed by atoms with van der Waals surface area (Å²) in [5.74, 6) is 0.783. The molecular weight excluding hydrogens is 264 g/mol. The van der Waals surface area contributed by atoms with Gasteiger partial charge in [-0.15, -0.1) is 6.58 Å². The van der Waals surface area contributed by atoms with Crippen molar-refractivity contribution in [3.8, 4) is 5.75 Å². The zero-order valence-electron chi connectivity index (χ0n) is 13.3. The molecule has 0 saturated carbocycles. The molecule has 0 aromatic heterocycles. The van der Waals surface area contributed by atoms with E-state index in [1.54, 1.807) is 7.11 Å². The predicted octanol–water partition coefficient (Wildman–Crippen LogP) is 3.68. The Morgan fingerprint density at radius 3 is 2.38 bits per heavy atom. The van der Waals surface area contributed by atoms with E-state index in [9.17, 15) is 4.79 Å². The molecule has 2 amide bonds. The van der Waals surface area contributed by atoms with Crippen molar-refractivity contribution in [3.05, 3.63) is 36.9 Å². The first kappa shape index (κ1) is 15.4. The lowest BCUT2D eigenvalue weighted by atomic mass is 10.0. The highest BCUT2D eigenvalue weighted by Crippen LogP contribution is 2.30. The smallest absolute Gasteiger partial charge is 0.325 e. The van der Waals surface area contributed by atoms with Gasteiger partial charge in [-0.3, -0.25) is 4.90 Å². The first-order valence-corrected chi connectivity index (χ1v) is 7.26. The molecule has 4 nitrogen and oxygen atoms in total. The molecule has 1 heterocycles.